The third kappa shape index (κ3) is 3.87. The molecular weight excluding hydrogens is 108 g/mol. The Bertz CT molecular complexity index is 57.2. The predicted octanol–water partition coefficient (Wildman–Crippen LogP) is 2.58. The lowest BCUT2D eigenvalue weighted by Crippen LogP contribution is -1.86. The minimum Gasteiger partial charge on any atom is -0.118 e. The predicted molar refractivity (Wildman–Crippen MR) is 34.7 cm³/mol. The van der Waals surface area contributed by atoms with Gasteiger partial charge in [-0.05, 0) is 13.3 Å². The molecule has 0 N–H and O–H groups in total. The summed E-state index contributed by atoms with van der Waals surface area (Å²) in [5, 5.41) is 0.241. The van der Waals surface area contributed by atoms with Crippen LogP contribution in [0.1, 0.15) is 20.3 Å². The third-order valence-electron chi connectivity index (χ3n) is 0.791. The van der Waals surface area contributed by atoms with Crippen LogP contribution in [0.5, 0.6) is 0 Å². The van der Waals surface area contributed by atoms with E-state index in [0.717, 1.165) is 6.42 Å². The van der Waals surface area contributed by atoms with Crippen molar-refractivity contribution >= 4 is 11.6 Å². The summed E-state index contributed by atoms with van der Waals surface area (Å²) in [4.78, 5) is 0. The van der Waals surface area contributed by atoms with E-state index in [0.29, 0.717) is 0 Å². The van der Waals surface area contributed by atoms with E-state index in [2.05, 4.69) is 6.92 Å². The van der Waals surface area contributed by atoms with E-state index in [1.54, 1.807) is 0 Å². The maximum absolute atomic E-state index is 5.68. The summed E-state index contributed by atoms with van der Waals surface area (Å²) in [5.41, 5.74) is 0. The smallest absolute Gasteiger partial charge is 0.0513 e. The van der Waals surface area contributed by atoms with Gasteiger partial charge in [-0.25, -0.2) is 0 Å². The molecule has 1 heteroatoms. The first-order chi connectivity index (χ1) is 3.31. The molecular formula is C6H11Cl. The van der Waals surface area contributed by atoms with Crippen molar-refractivity contribution in [3.63, 3.8) is 0 Å². The topological polar surface area (TPSA) is 0 Å². The highest BCUT2D eigenvalue weighted by atomic mass is 35.5. The van der Waals surface area contributed by atoms with Crippen LogP contribution in [-0.4, -0.2) is 5.38 Å². The maximum Gasteiger partial charge on any atom is 0.0513 e. The second-order valence-electron chi connectivity index (χ2n) is 1.45. The zero-order valence-electron chi connectivity index (χ0n) is 4.82. The first kappa shape index (κ1) is 7.03. The zero-order valence-corrected chi connectivity index (χ0v) is 5.57. The summed E-state index contributed by atoms with van der Waals surface area (Å²) in [6, 6.07) is 0. The van der Waals surface area contributed by atoms with E-state index in [-0.39, 0.29) is 5.38 Å². The van der Waals surface area contributed by atoms with Crippen LogP contribution in [0.2, 0.25) is 0 Å². The highest BCUT2D eigenvalue weighted by molar-refractivity contribution is 6.21. The summed E-state index contributed by atoms with van der Waals surface area (Å²) >= 11 is 5.68. The summed E-state index contributed by atoms with van der Waals surface area (Å²) in [5.74, 6) is 0. The molecule has 0 saturated carbocycles. The van der Waals surface area contributed by atoms with Crippen molar-refractivity contribution in [1.82, 2.24) is 0 Å². The van der Waals surface area contributed by atoms with Crippen molar-refractivity contribution in [3.05, 3.63) is 12.2 Å². The van der Waals surface area contributed by atoms with Crippen LogP contribution in [-0.2, 0) is 0 Å². The number of halogens is 1. The van der Waals surface area contributed by atoms with Crippen LogP contribution in [0.4, 0.5) is 0 Å². The number of hydrogen-bond donors (Lipinski definition) is 0. The van der Waals surface area contributed by atoms with Crippen LogP contribution >= 0.6 is 11.6 Å². The molecule has 1 atom stereocenters. The Balaban J connectivity index is 3.16. The van der Waals surface area contributed by atoms with Gasteiger partial charge in [-0.15, -0.1) is 11.6 Å². The largest absolute Gasteiger partial charge is 0.118 e. The van der Waals surface area contributed by atoms with Crippen LogP contribution < -0.4 is 0 Å². The van der Waals surface area contributed by atoms with Gasteiger partial charge in [0.05, 0.1) is 5.38 Å². The van der Waals surface area contributed by atoms with Gasteiger partial charge in [0.1, 0.15) is 0 Å². The van der Waals surface area contributed by atoms with Gasteiger partial charge in [0.15, 0.2) is 0 Å². The Morgan fingerprint density at radius 1 is 1.71 bits per heavy atom. The van der Waals surface area contributed by atoms with E-state index >= 15 is 0 Å². The zero-order chi connectivity index (χ0) is 5.70. The number of alkyl halides is 1. The molecule has 0 nitrogen and oxygen atoms in total. The number of hydrogen-bond acceptors (Lipinski definition) is 0. The Kier molecular flexibility index (Phi) is 4.21. The molecule has 0 aliphatic carbocycles. The van der Waals surface area contributed by atoms with Crippen LogP contribution in [0.25, 0.3) is 0 Å². The lowest BCUT2D eigenvalue weighted by Gasteiger charge is -1.92. The van der Waals surface area contributed by atoms with Crippen molar-refractivity contribution in [3.8, 4) is 0 Å². The van der Waals surface area contributed by atoms with Crippen LogP contribution in [0.3, 0.4) is 0 Å². The molecule has 7 heavy (non-hydrogen) atoms. The maximum atomic E-state index is 5.68. The molecule has 0 saturated heterocycles. The van der Waals surface area contributed by atoms with Gasteiger partial charge in [0, 0.05) is 0 Å². The first-order valence-corrected chi connectivity index (χ1v) is 3.01. The molecule has 0 unspecified atom stereocenters. The Hall–Kier alpha value is 0.0300. The normalized spacial score (nSPS) is 15.3. The number of rotatable bonds is 2. The van der Waals surface area contributed by atoms with Gasteiger partial charge >= 0.3 is 0 Å². The minimum atomic E-state index is 0.241. The summed E-state index contributed by atoms with van der Waals surface area (Å²) in [7, 11) is 0. The van der Waals surface area contributed by atoms with Gasteiger partial charge < -0.3 is 0 Å². The average molecular weight is 119 g/mol. The fourth-order valence-electron chi connectivity index (χ4n) is 0.345. The Morgan fingerprint density at radius 2 is 2.29 bits per heavy atom. The van der Waals surface area contributed by atoms with E-state index in [1.807, 2.05) is 19.1 Å². The molecule has 0 aliphatic heterocycles. The molecule has 0 aromatic carbocycles. The SMILES string of the molecule is C/C=C/[C@H](Cl)CC. The van der Waals surface area contributed by atoms with Crippen molar-refractivity contribution in [2.24, 2.45) is 0 Å². The van der Waals surface area contributed by atoms with E-state index < -0.39 is 0 Å². The van der Waals surface area contributed by atoms with Crippen LogP contribution in [0.15, 0.2) is 12.2 Å². The third-order valence-corrected chi connectivity index (χ3v) is 1.25. The standard InChI is InChI=1S/C6H11Cl/c1-3-5-6(7)4-2/h3,5-6H,4H2,1-2H3/b5-3+/t6-/m1/s1. The van der Waals surface area contributed by atoms with Crippen molar-refractivity contribution in [2.45, 2.75) is 25.6 Å². The molecule has 0 heterocycles. The highest BCUT2D eigenvalue weighted by Gasteiger charge is 1.89. The molecule has 0 fully saturated rings. The lowest BCUT2D eigenvalue weighted by molar-refractivity contribution is 0.965. The molecule has 42 valence electrons. The van der Waals surface area contributed by atoms with Crippen LogP contribution in [0, 0.1) is 0 Å². The quantitative estimate of drug-likeness (QED) is 0.386. The van der Waals surface area contributed by atoms with Crippen molar-refractivity contribution in [2.75, 3.05) is 0 Å². The Labute approximate surface area is 50.2 Å². The minimum absolute atomic E-state index is 0.241. The molecule has 0 amide bonds. The highest BCUT2D eigenvalue weighted by Crippen LogP contribution is 2.00. The average Bonchev–Trinajstić information content (AvgIpc) is 1.68. The number of allylic oxidation sites excluding steroid dienone is 2. The van der Waals surface area contributed by atoms with Gasteiger partial charge in [-0.1, -0.05) is 19.1 Å². The summed E-state index contributed by atoms with van der Waals surface area (Å²) in [6.45, 7) is 4.04. The monoisotopic (exact) mass is 118 g/mol. The molecule has 0 spiro atoms. The summed E-state index contributed by atoms with van der Waals surface area (Å²) < 4.78 is 0. The van der Waals surface area contributed by atoms with Gasteiger partial charge in [-0.3, -0.25) is 0 Å². The van der Waals surface area contributed by atoms with Crippen molar-refractivity contribution < 1.29 is 0 Å². The second-order valence-corrected chi connectivity index (χ2v) is 2.01. The fourth-order valence-corrected chi connectivity index (χ4v) is 0.490. The molecule has 0 bridgehead atoms. The van der Waals surface area contributed by atoms with E-state index in [4.69, 9.17) is 11.6 Å². The summed E-state index contributed by atoms with van der Waals surface area (Å²) in [6.07, 6.45) is 4.98. The Morgan fingerprint density at radius 3 is 2.43 bits per heavy atom. The molecule has 0 aromatic heterocycles. The fraction of sp³-hybridized carbons (Fsp3) is 0.667. The van der Waals surface area contributed by atoms with Crippen molar-refractivity contribution in [1.29, 1.82) is 0 Å². The van der Waals surface area contributed by atoms with Gasteiger partial charge in [0.25, 0.3) is 0 Å². The molecule has 0 radical (unpaired) electrons. The first-order valence-electron chi connectivity index (χ1n) is 2.58. The van der Waals surface area contributed by atoms with E-state index in [1.165, 1.54) is 0 Å². The second kappa shape index (κ2) is 4.20. The van der Waals surface area contributed by atoms with Gasteiger partial charge in [-0.2, -0.15) is 0 Å². The van der Waals surface area contributed by atoms with E-state index in [9.17, 15) is 0 Å². The molecule has 0 aliphatic rings. The van der Waals surface area contributed by atoms with Gasteiger partial charge in [0.2, 0.25) is 0 Å². The lowest BCUT2D eigenvalue weighted by atomic mass is 10.3. The molecule has 0 rings (SSSR count). The molecule has 0 aromatic rings.